The average molecular weight is 517 g/mol. The Labute approximate surface area is 241 Å². The van der Waals surface area contributed by atoms with Crippen molar-refractivity contribution in [3.8, 4) is 45.0 Å². The Bertz CT molecular complexity index is 1990. The van der Waals surface area contributed by atoms with Gasteiger partial charge in [-0.25, -0.2) is 0 Å². The first-order valence-corrected chi connectivity index (χ1v) is 13.6. The molecule has 0 radical (unpaired) electrons. The minimum absolute atomic E-state index is 0.0321. The van der Waals surface area contributed by atoms with Crippen molar-refractivity contribution in [3.63, 3.8) is 0 Å². The summed E-state index contributed by atoms with van der Waals surface area (Å²) in [5.74, 6) is 0.434. The van der Waals surface area contributed by atoms with Crippen LogP contribution >= 0.6 is 0 Å². The molecular formula is C37H35NO. The molecule has 0 amide bonds. The molecule has 2 heteroatoms. The minimum Gasteiger partial charge on any atom is -0.455 e. The summed E-state index contributed by atoms with van der Waals surface area (Å²) < 4.78 is 66.2. The molecule has 1 aromatic heterocycles. The number of pyridine rings is 1. The van der Waals surface area contributed by atoms with Crippen molar-refractivity contribution in [2.24, 2.45) is 5.41 Å². The molecule has 7 rings (SSSR count). The number of hydrogen-bond acceptors (Lipinski definition) is 2. The van der Waals surface area contributed by atoms with Crippen LogP contribution in [-0.4, -0.2) is 4.98 Å². The summed E-state index contributed by atoms with van der Waals surface area (Å²) in [4.78, 5) is 4.61. The van der Waals surface area contributed by atoms with Crippen LogP contribution in [0.1, 0.15) is 71.7 Å². The molecule has 0 bridgehead atoms. The second-order valence-electron chi connectivity index (χ2n) is 11.6. The highest BCUT2D eigenvalue weighted by Gasteiger charge is 2.28. The van der Waals surface area contributed by atoms with Gasteiger partial charge in [-0.15, -0.1) is 0 Å². The van der Waals surface area contributed by atoms with Crippen molar-refractivity contribution in [2.45, 2.75) is 59.1 Å². The monoisotopic (exact) mass is 516 g/mol. The first-order valence-electron chi connectivity index (χ1n) is 17.1. The van der Waals surface area contributed by atoms with Gasteiger partial charge in [0.2, 0.25) is 0 Å². The lowest BCUT2D eigenvalue weighted by atomic mass is 9.71. The fourth-order valence-electron chi connectivity index (χ4n) is 6.13. The van der Waals surface area contributed by atoms with Gasteiger partial charge in [-0.05, 0) is 108 Å². The molecule has 0 unspecified atom stereocenters. The highest BCUT2D eigenvalue weighted by atomic mass is 16.5. The van der Waals surface area contributed by atoms with E-state index in [1.165, 1.54) is 6.20 Å². The van der Waals surface area contributed by atoms with Crippen LogP contribution in [0.4, 0.5) is 0 Å². The van der Waals surface area contributed by atoms with Gasteiger partial charge in [-0.3, -0.25) is 4.98 Å². The maximum atomic E-state index is 9.29. The van der Waals surface area contributed by atoms with Crippen LogP contribution in [0, 0.1) is 19.1 Å². The molecule has 2 heterocycles. The number of benzene rings is 4. The molecule has 4 aromatic carbocycles. The van der Waals surface area contributed by atoms with Gasteiger partial charge in [0.05, 0.1) is 5.69 Å². The fourth-order valence-corrected chi connectivity index (χ4v) is 6.13. The molecule has 2 aliphatic rings. The molecule has 5 aromatic rings. The number of nitrogens with zero attached hydrogens (tertiary/aromatic N) is 1. The van der Waals surface area contributed by atoms with E-state index in [-0.39, 0.29) is 22.1 Å². The highest BCUT2D eigenvalue weighted by molar-refractivity contribution is 6.05. The summed E-state index contributed by atoms with van der Waals surface area (Å²) in [5.41, 5.74) is 4.46. The van der Waals surface area contributed by atoms with E-state index in [4.69, 9.17) is 13.0 Å². The average Bonchev–Trinajstić information content (AvgIpc) is 3.01. The van der Waals surface area contributed by atoms with Crippen LogP contribution in [-0.2, 0) is 0 Å². The topological polar surface area (TPSA) is 22.1 Å². The summed E-state index contributed by atoms with van der Waals surface area (Å²) in [7, 11) is 0. The van der Waals surface area contributed by atoms with E-state index < -0.39 is 19.6 Å². The van der Waals surface area contributed by atoms with Crippen molar-refractivity contribution < 1.29 is 14.3 Å². The van der Waals surface area contributed by atoms with Gasteiger partial charge in [0, 0.05) is 32.3 Å². The summed E-state index contributed by atoms with van der Waals surface area (Å²) in [5, 5.41) is 2.10. The first kappa shape index (κ1) is 17.6. The van der Waals surface area contributed by atoms with Crippen LogP contribution in [0.25, 0.3) is 44.3 Å². The predicted molar refractivity (Wildman–Crippen MR) is 163 cm³/mol. The van der Waals surface area contributed by atoms with E-state index in [9.17, 15) is 1.37 Å². The number of rotatable bonds is 3. The molecule has 1 saturated carbocycles. The zero-order valence-electron chi connectivity index (χ0n) is 29.3. The van der Waals surface area contributed by atoms with E-state index in [0.29, 0.717) is 41.0 Å². The lowest BCUT2D eigenvalue weighted by Gasteiger charge is -2.34. The standard InChI is InChI=1S/C37H35NO/c1-23-20-27(25-16-18-37(3,4)19-17-25)14-15-28(23)32-21-33(38-22-24(32)2)31-12-7-11-30-29-10-5-8-26-9-6-13-34(35(26)29)39-36(30)31/h5-15,20-22,25H,16-19H2,1-4H3/i1D3,2D3,25D. The second-order valence-corrected chi connectivity index (χ2v) is 11.6. The predicted octanol–water partition coefficient (Wildman–Crippen LogP) is 10.6. The number of fused-ring (bicyclic) bond motifs is 2. The quantitative estimate of drug-likeness (QED) is 0.233. The van der Waals surface area contributed by atoms with Crippen molar-refractivity contribution in [3.05, 3.63) is 102 Å². The third-order valence-electron chi connectivity index (χ3n) is 8.49. The molecule has 39 heavy (non-hydrogen) atoms. The molecule has 1 aliphatic carbocycles. The summed E-state index contributed by atoms with van der Waals surface area (Å²) in [6, 6.07) is 24.6. The zero-order valence-corrected chi connectivity index (χ0v) is 22.3. The Morgan fingerprint density at radius 3 is 2.36 bits per heavy atom. The summed E-state index contributed by atoms with van der Waals surface area (Å²) >= 11 is 0. The number of aromatic nitrogens is 1. The lowest BCUT2D eigenvalue weighted by molar-refractivity contribution is 0.224. The molecule has 194 valence electrons. The van der Waals surface area contributed by atoms with E-state index >= 15 is 0 Å². The minimum atomic E-state index is -2.54. The molecule has 1 aliphatic heterocycles. The van der Waals surface area contributed by atoms with Crippen molar-refractivity contribution in [1.82, 2.24) is 4.98 Å². The van der Waals surface area contributed by atoms with Gasteiger partial charge in [0.25, 0.3) is 0 Å². The van der Waals surface area contributed by atoms with Crippen LogP contribution in [0.15, 0.2) is 85.1 Å². The molecule has 0 atom stereocenters. The molecule has 0 spiro atoms. The zero-order chi connectivity index (χ0) is 32.6. The summed E-state index contributed by atoms with van der Waals surface area (Å²) in [6.07, 6.45) is 4.35. The van der Waals surface area contributed by atoms with Gasteiger partial charge in [0.15, 0.2) is 0 Å². The summed E-state index contributed by atoms with van der Waals surface area (Å²) in [6.45, 7) is -0.676. The number of hydrogen-bond donors (Lipinski definition) is 0. The van der Waals surface area contributed by atoms with Crippen molar-refractivity contribution >= 4 is 10.8 Å². The van der Waals surface area contributed by atoms with E-state index in [1.54, 1.807) is 18.2 Å². The largest absolute Gasteiger partial charge is 0.455 e. The highest BCUT2D eigenvalue weighted by Crippen LogP contribution is 2.50. The SMILES string of the molecule is [2H]C([2H])([2H])c1cnc(-c2cccc3c2Oc2cccc4cccc-3c24)cc1-c1ccc(C2([2H])CCC(C)(C)CC2)cc1C([2H])([2H])[2H]. The Morgan fingerprint density at radius 1 is 0.795 bits per heavy atom. The van der Waals surface area contributed by atoms with Crippen LogP contribution in [0.2, 0.25) is 0 Å². The molecule has 0 saturated heterocycles. The third-order valence-corrected chi connectivity index (χ3v) is 8.49. The van der Waals surface area contributed by atoms with E-state index in [0.717, 1.165) is 40.5 Å². The first-order chi connectivity index (χ1) is 21.6. The van der Waals surface area contributed by atoms with Gasteiger partial charge in [0.1, 0.15) is 11.5 Å². The Balaban J connectivity index is 1.40. The molecular weight excluding hydrogens is 474 g/mol. The number of para-hydroxylation sites is 1. The van der Waals surface area contributed by atoms with E-state index in [2.05, 4.69) is 24.9 Å². The fraction of sp³-hybridized carbons (Fsp3) is 0.270. The lowest BCUT2D eigenvalue weighted by Crippen LogP contribution is -2.20. The maximum Gasteiger partial charge on any atom is 0.144 e. The van der Waals surface area contributed by atoms with Gasteiger partial charge < -0.3 is 4.74 Å². The van der Waals surface area contributed by atoms with Gasteiger partial charge >= 0.3 is 0 Å². The molecule has 2 nitrogen and oxygen atoms in total. The van der Waals surface area contributed by atoms with Crippen molar-refractivity contribution in [1.29, 1.82) is 0 Å². The number of ether oxygens (including phenoxy) is 1. The van der Waals surface area contributed by atoms with Gasteiger partial charge in [-0.1, -0.05) is 74.5 Å². The van der Waals surface area contributed by atoms with Crippen LogP contribution in [0.5, 0.6) is 11.5 Å². The Hall–Kier alpha value is -3.91. The molecule has 1 fully saturated rings. The van der Waals surface area contributed by atoms with E-state index in [1.807, 2.05) is 54.6 Å². The molecule has 0 N–H and O–H groups in total. The van der Waals surface area contributed by atoms with Crippen molar-refractivity contribution in [2.75, 3.05) is 0 Å². The Morgan fingerprint density at radius 2 is 1.54 bits per heavy atom. The van der Waals surface area contributed by atoms with Crippen LogP contribution < -0.4 is 4.74 Å². The van der Waals surface area contributed by atoms with Gasteiger partial charge in [-0.2, -0.15) is 0 Å². The number of aryl methyl sites for hydroxylation is 2. The maximum absolute atomic E-state index is 9.29. The van der Waals surface area contributed by atoms with Crippen LogP contribution in [0.3, 0.4) is 0 Å². The smallest absolute Gasteiger partial charge is 0.144 e. The third kappa shape index (κ3) is 4.14. The Kier molecular flexibility index (Phi) is 4.11. The second kappa shape index (κ2) is 9.09. The normalized spacial score (nSPS) is 20.2.